The van der Waals surface area contributed by atoms with E-state index in [4.69, 9.17) is 10.3 Å². The fourth-order valence-electron chi connectivity index (χ4n) is 3.81. The zero-order chi connectivity index (χ0) is 23.7. The van der Waals surface area contributed by atoms with Crippen LogP contribution < -0.4 is 0 Å². The van der Waals surface area contributed by atoms with E-state index in [0.29, 0.717) is 6.54 Å². The van der Waals surface area contributed by atoms with Gasteiger partial charge in [0, 0.05) is 31.5 Å². The SMILES string of the molecule is CC(C)(C)c1cc(C(C)(C)C)c([N-]Cc2cccc(-c3[c-]cccc3)n2)c(C(C)(C)C)c1.[Hf]. The van der Waals surface area contributed by atoms with Crippen molar-refractivity contribution in [3.63, 3.8) is 0 Å². The summed E-state index contributed by atoms with van der Waals surface area (Å²) in [5, 5.41) is 5.19. The van der Waals surface area contributed by atoms with Gasteiger partial charge in [0.15, 0.2) is 0 Å². The Morgan fingerprint density at radius 2 is 1.36 bits per heavy atom. The van der Waals surface area contributed by atoms with Crippen LogP contribution in [0.4, 0.5) is 5.69 Å². The van der Waals surface area contributed by atoms with Gasteiger partial charge in [0.25, 0.3) is 0 Å². The first-order chi connectivity index (χ1) is 14.8. The Labute approximate surface area is 220 Å². The molecular weight excluding hydrogens is 567 g/mol. The van der Waals surface area contributed by atoms with E-state index in [1.807, 2.05) is 30.3 Å². The third-order valence-electron chi connectivity index (χ3n) is 5.78. The van der Waals surface area contributed by atoms with Crippen LogP contribution in [0.15, 0.2) is 54.6 Å². The second-order valence-corrected chi connectivity index (χ2v) is 11.8. The molecule has 0 fully saturated rings. The van der Waals surface area contributed by atoms with Crippen molar-refractivity contribution in [2.75, 3.05) is 0 Å². The van der Waals surface area contributed by atoms with Crippen molar-refractivity contribution in [2.45, 2.75) is 85.1 Å². The molecule has 3 aromatic rings. The van der Waals surface area contributed by atoms with Gasteiger partial charge in [-0.25, -0.2) is 0 Å². The van der Waals surface area contributed by atoms with Crippen molar-refractivity contribution in [3.05, 3.63) is 88.4 Å². The van der Waals surface area contributed by atoms with E-state index >= 15 is 0 Å². The summed E-state index contributed by atoms with van der Waals surface area (Å²) in [6, 6.07) is 22.1. The van der Waals surface area contributed by atoms with Gasteiger partial charge in [0.2, 0.25) is 0 Å². The maximum absolute atomic E-state index is 5.19. The normalized spacial score (nSPS) is 12.3. The van der Waals surface area contributed by atoms with Crippen LogP contribution in [0.3, 0.4) is 0 Å². The van der Waals surface area contributed by atoms with E-state index in [0.717, 1.165) is 22.6 Å². The molecule has 33 heavy (non-hydrogen) atoms. The second kappa shape index (κ2) is 10.3. The number of rotatable bonds is 4. The van der Waals surface area contributed by atoms with Crippen molar-refractivity contribution < 1.29 is 25.8 Å². The number of hydrogen-bond acceptors (Lipinski definition) is 1. The predicted octanol–water partition coefficient (Wildman–Crippen LogP) is 8.64. The molecule has 0 spiro atoms. The minimum Gasteiger partial charge on any atom is -0.679 e. The summed E-state index contributed by atoms with van der Waals surface area (Å²) in [7, 11) is 0. The topological polar surface area (TPSA) is 27.0 Å². The van der Waals surface area contributed by atoms with Gasteiger partial charge in [0.05, 0.1) is 0 Å². The Kier molecular flexibility index (Phi) is 8.55. The Hall–Kier alpha value is -1.74. The summed E-state index contributed by atoms with van der Waals surface area (Å²) >= 11 is 0. The molecule has 2 aromatic carbocycles. The molecule has 0 aliphatic heterocycles. The number of benzene rings is 2. The molecule has 0 saturated carbocycles. The number of aromatic nitrogens is 1. The second-order valence-electron chi connectivity index (χ2n) is 11.8. The van der Waals surface area contributed by atoms with Gasteiger partial charge in [-0.3, -0.25) is 0 Å². The van der Waals surface area contributed by atoms with E-state index in [-0.39, 0.29) is 42.1 Å². The number of nitrogens with zero attached hydrogens (tertiary/aromatic N) is 2. The Morgan fingerprint density at radius 1 is 0.758 bits per heavy atom. The van der Waals surface area contributed by atoms with Crippen LogP contribution in [0.2, 0.25) is 0 Å². The van der Waals surface area contributed by atoms with Crippen LogP contribution in [0, 0.1) is 6.07 Å². The van der Waals surface area contributed by atoms with Crippen LogP contribution in [0.5, 0.6) is 0 Å². The molecule has 2 nitrogen and oxygen atoms in total. The summed E-state index contributed by atoms with van der Waals surface area (Å²) in [5.74, 6) is 0. The summed E-state index contributed by atoms with van der Waals surface area (Å²) in [5.41, 5.74) is 8.10. The van der Waals surface area contributed by atoms with E-state index in [9.17, 15) is 0 Å². The van der Waals surface area contributed by atoms with Crippen molar-refractivity contribution >= 4 is 5.69 Å². The Morgan fingerprint density at radius 3 is 1.85 bits per heavy atom. The zero-order valence-corrected chi connectivity index (χ0v) is 25.4. The van der Waals surface area contributed by atoms with Gasteiger partial charge in [0.1, 0.15) is 0 Å². The smallest absolute Gasteiger partial charge is 0.0121 e. The Bertz CT molecular complexity index is 1030. The monoisotopic (exact) mass is 606 g/mol. The zero-order valence-electron chi connectivity index (χ0n) is 21.8. The number of pyridine rings is 1. The fraction of sp³-hybridized carbons (Fsp3) is 0.433. The molecular formula is C30H38HfN2-2. The Balaban J connectivity index is 0.00000385. The van der Waals surface area contributed by atoms with Gasteiger partial charge < -0.3 is 10.3 Å². The van der Waals surface area contributed by atoms with Crippen LogP contribution in [0.1, 0.15) is 84.7 Å². The van der Waals surface area contributed by atoms with E-state index < -0.39 is 0 Å². The van der Waals surface area contributed by atoms with Gasteiger partial charge >= 0.3 is 0 Å². The van der Waals surface area contributed by atoms with Crippen molar-refractivity contribution in [3.8, 4) is 11.3 Å². The average molecular weight is 605 g/mol. The third kappa shape index (κ3) is 6.88. The van der Waals surface area contributed by atoms with Gasteiger partial charge in [-0.15, -0.1) is 41.6 Å². The van der Waals surface area contributed by atoms with Gasteiger partial charge in [-0.2, -0.15) is 0 Å². The molecule has 3 rings (SSSR count). The maximum Gasteiger partial charge on any atom is 0.0121 e. The van der Waals surface area contributed by atoms with Crippen LogP contribution >= 0.6 is 0 Å². The van der Waals surface area contributed by atoms with Crippen molar-refractivity contribution in [1.82, 2.24) is 4.98 Å². The van der Waals surface area contributed by atoms with E-state index in [2.05, 4.69) is 92.6 Å². The molecule has 0 radical (unpaired) electrons. The summed E-state index contributed by atoms with van der Waals surface area (Å²) < 4.78 is 0. The molecule has 0 unspecified atom stereocenters. The molecule has 3 heteroatoms. The molecule has 1 aromatic heterocycles. The molecule has 0 amide bonds. The maximum atomic E-state index is 5.19. The molecule has 0 atom stereocenters. The van der Waals surface area contributed by atoms with Crippen LogP contribution in [-0.2, 0) is 48.6 Å². The van der Waals surface area contributed by atoms with E-state index in [1.54, 1.807) is 0 Å². The van der Waals surface area contributed by atoms with Gasteiger partial charge in [-0.05, 0) is 33.6 Å². The third-order valence-corrected chi connectivity index (χ3v) is 5.78. The predicted molar refractivity (Wildman–Crippen MR) is 138 cm³/mol. The fourth-order valence-corrected chi connectivity index (χ4v) is 3.81. The molecule has 0 saturated heterocycles. The molecule has 0 aliphatic rings. The summed E-state index contributed by atoms with van der Waals surface area (Å²) in [4.78, 5) is 4.87. The van der Waals surface area contributed by atoms with Crippen LogP contribution in [-0.4, -0.2) is 4.98 Å². The first kappa shape index (κ1) is 27.5. The largest absolute Gasteiger partial charge is 0.679 e. The van der Waals surface area contributed by atoms with Gasteiger partial charge in [-0.1, -0.05) is 104 Å². The summed E-state index contributed by atoms with van der Waals surface area (Å²) in [6.45, 7) is 21.1. The molecule has 0 bridgehead atoms. The molecule has 0 N–H and O–H groups in total. The number of hydrogen-bond donors (Lipinski definition) is 0. The van der Waals surface area contributed by atoms with Crippen molar-refractivity contribution in [1.29, 1.82) is 0 Å². The minimum absolute atomic E-state index is 0. The standard InChI is InChI=1S/C30H38N2.Hf/c1-28(2,3)22-18-24(29(4,5)6)27(25(19-22)30(7,8)9)31-20-23-16-13-17-26(32-23)21-14-11-10-12-15-21;/h10-14,16-19H,20H2,1-9H3;/q-2;. The molecule has 0 aliphatic carbocycles. The first-order valence-corrected chi connectivity index (χ1v) is 11.6. The van der Waals surface area contributed by atoms with E-state index in [1.165, 1.54) is 16.7 Å². The van der Waals surface area contributed by atoms with Crippen LogP contribution in [0.25, 0.3) is 16.6 Å². The molecule has 174 valence electrons. The molecule has 1 heterocycles. The quantitative estimate of drug-likeness (QED) is 0.216. The first-order valence-electron chi connectivity index (χ1n) is 11.6. The average Bonchev–Trinajstić information content (AvgIpc) is 2.70. The summed E-state index contributed by atoms with van der Waals surface area (Å²) in [6.07, 6.45) is 0. The van der Waals surface area contributed by atoms with Crippen molar-refractivity contribution in [2.24, 2.45) is 0 Å². The minimum atomic E-state index is -0.00559.